The van der Waals surface area contributed by atoms with Crippen LogP contribution in [0, 0.1) is 4.91 Å². The van der Waals surface area contributed by atoms with Crippen molar-refractivity contribution in [1.82, 2.24) is 10.1 Å². The van der Waals surface area contributed by atoms with Crippen molar-refractivity contribution in [3.05, 3.63) is 51.5 Å². The first-order valence-electron chi connectivity index (χ1n) is 8.78. The van der Waals surface area contributed by atoms with Crippen LogP contribution in [0.15, 0.2) is 40.2 Å². The molecule has 0 saturated carbocycles. The van der Waals surface area contributed by atoms with Gasteiger partial charge in [0, 0.05) is 37.6 Å². The first-order chi connectivity index (χ1) is 14.3. The van der Waals surface area contributed by atoms with Crippen LogP contribution in [0.1, 0.15) is 15.9 Å². The summed E-state index contributed by atoms with van der Waals surface area (Å²) in [4.78, 5) is 29.4. The molecule has 1 aliphatic rings. The lowest BCUT2D eigenvalue weighted by atomic mass is 10.1. The summed E-state index contributed by atoms with van der Waals surface area (Å²) in [5.74, 6) is -0.437. The van der Waals surface area contributed by atoms with Crippen molar-refractivity contribution >= 4 is 40.1 Å². The number of amides is 1. The van der Waals surface area contributed by atoms with E-state index >= 15 is 0 Å². The van der Waals surface area contributed by atoms with Gasteiger partial charge in [0.25, 0.3) is 0 Å². The molecule has 1 saturated heterocycles. The Morgan fingerprint density at radius 1 is 1.13 bits per heavy atom. The molecule has 1 amide bonds. The first kappa shape index (κ1) is 20.1. The summed E-state index contributed by atoms with van der Waals surface area (Å²) < 4.78 is 45.4. The van der Waals surface area contributed by atoms with Crippen LogP contribution in [0.3, 0.4) is 0 Å². The number of rotatable bonds is 3. The molecule has 12 heteroatoms. The molecule has 1 aromatic carbocycles. The lowest BCUT2D eigenvalue weighted by molar-refractivity contribution is -0.136. The molecule has 0 unspecified atom stereocenters. The maximum atomic E-state index is 13.4. The molecule has 0 spiro atoms. The number of aromatic nitrogens is 2. The van der Waals surface area contributed by atoms with E-state index in [1.165, 1.54) is 24.4 Å². The number of piperazine rings is 1. The van der Waals surface area contributed by atoms with Crippen molar-refractivity contribution in [3.8, 4) is 0 Å². The summed E-state index contributed by atoms with van der Waals surface area (Å²) >= 11 is 6.18. The SMILES string of the molecule is O=NC(=O)c1cnc(N2CCN(c3noc4cccc(C(F)(F)F)c34)CC2)c(Cl)c1. The summed E-state index contributed by atoms with van der Waals surface area (Å²) in [5.41, 5.74) is -0.755. The minimum Gasteiger partial charge on any atom is -0.354 e. The number of hydrogen-bond acceptors (Lipinski definition) is 7. The van der Waals surface area contributed by atoms with Gasteiger partial charge >= 0.3 is 12.1 Å². The van der Waals surface area contributed by atoms with Crippen LogP contribution in [0.4, 0.5) is 24.8 Å². The van der Waals surface area contributed by atoms with Crippen LogP contribution < -0.4 is 9.80 Å². The van der Waals surface area contributed by atoms with E-state index in [-0.39, 0.29) is 27.4 Å². The Hall–Kier alpha value is -3.21. The molecule has 1 aliphatic heterocycles. The molecule has 1 fully saturated rings. The summed E-state index contributed by atoms with van der Waals surface area (Å²) in [7, 11) is 0. The van der Waals surface area contributed by atoms with Crippen LogP contribution in [0.5, 0.6) is 0 Å². The van der Waals surface area contributed by atoms with Crippen LogP contribution in [0.2, 0.25) is 5.02 Å². The van der Waals surface area contributed by atoms with E-state index in [4.69, 9.17) is 16.1 Å². The zero-order valence-electron chi connectivity index (χ0n) is 15.2. The number of anilines is 2. The number of hydrogen-bond donors (Lipinski definition) is 0. The van der Waals surface area contributed by atoms with Crippen molar-refractivity contribution in [2.45, 2.75) is 6.18 Å². The van der Waals surface area contributed by atoms with Crippen LogP contribution in [-0.4, -0.2) is 42.2 Å². The van der Waals surface area contributed by atoms with E-state index in [1.807, 2.05) is 4.90 Å². The molecule has 3 aromatic rings. The standard InChI is InChI=1S/C18H13ClF3N5O3/c19-12-8-10(17(28)24-29)9-23-15(12)26-4-6-27(7-5-26)16-14-11(18(20,21)22)2-1-3-13(14)30-25-16/h1-3,8-9H,4-7H2. The summed E-state index contributed by atoms with van der Waals surface area (Å²) in [6.45, 7) is 1.49. The largest absolute Gasteiger partial charge is 0.417 e. The van der Waals surface area contributed by atoms with E-state index in [1.54, 1.807) is 4.90 Å². The second kappa shape index (κ2) is 7.56. The number of alkyl halides is 3. The average molecular weight is 440 g/mol. The van der Waals surface area contributed by atoms with Gasteiger partial charge in [0.1, 0.15) is 5.82 Å². The summed E-state index contributed by atoms with van der Waals surface area (Å²) in [6, 6.07) is 5.03. The van der Waals surface area contributed by atoms with Crippen LogP contribution in [0.25, 0.3) is 11.0 Å². The fourth-order valence-electron chi connectivity index (χ4n) is 3.39. The van der Waals surface area contributed by atoms with Gasteiger partial charge in [0.05, 0.1) is 21.5 Å². The third kappa shape index (κ3) is 3.56. The van der Waals surface area contributed by atoms with Gasteiger partial charge in [-0.3, -0.25) is 4.79 Å². The number of pyridine rings is 1. The second-order valence-corrected chi connectivity index (χ2v) is 6.99. The highest BCUT2D eigenvalue weighted by atomic mass is 35.5. The molecule has 30 heavy (non-hydrogen) atoms. The predicted octanol–water partition coefficient (Wildman–Crippen LogP) is 4.13. The van der Waals surface area contributed by atoms with E-state index in [2.05, 4.69) is 15.3 Å². The van der Waals surface area contributed by atoms with E-state index in [0.717, 1.165) is 6.07 Å². The number of carbonyl (C=O) groups is 1. The molecule has 3 heterocycles. The zero-order chi connectivity index (χ0) is 21.5. The van der Waals surface area contributed by atoms with Gasteiger partial charge in [-0.1, -0.05) is 22.8 Å². The fourth-order valence-corrected chi connectivity index (χ4v) is 3.68. The number of halogens is 4. The molecule has 2 aromatic heterocycles. The van der Waals surface area contributed by atoms with E-state index in [0.29, 0.717) is 32.0 Å². The second-order valence-electron chi connectivity index (χ2n) is 6.58. The molecule has 0 atom stereocenters. The average Bonchev–Trinajstić information content (AvgIpc) is 3.16. The van der Waals surface area contributed by atoms with Crippen molar-refractivity contribution in [3.63, 3.8) is 0 Å². The molecule has 0 bridgehead atoms. The molecule has 0 N–H and O–H groups in total. The smallest absolute Gasteiger partial charge is 0.354 e. The number of nitroso groups, excluding NO2 is 1. The van der Waals surface area contributed by atoms with Crippen molar-refractivity contribution < 1.29 is 22.5 Å². The quantitative estimate of drug-likeness (QED) is 0.566. The highest BCUT2D eigenvalue weighted by Gasteiger charge is 2.36. The third-order valence-corrected chi connectivity index (χ3v) is 5.09. The highest BCUT2D eigenvalue weighted by Crippen LogP contribution is 2.39. The number of benzene rings is 1. The van der Waals surface area contributed by atoms with Gasteiger partial charge in [0.2, 0.25) is 0 Å². The van der Waals surface area contributed by atoms with E-state index < -0.39 is 17.6 Å². The number of carbonyl (C=O) groups excluding carboxylic acids is 1. The topological polar surface area (TPSA) is 91.9 Å². The Kier molecular flexibility index (Phi) is 5.06. The maximum Gasteiger partial charge on any atom is 0.417 e. The Labute approximate surface area is 172 Å². The third-order valence-electron chi connectivity index (χ3n) is 4.82. The summed E-state index contributed by atoms with van der Waals surface area (Å²) in [6.07, 6.45) is -3.33. The molecular formula is C18H13ClF3N5O3. The lowest BCUT2D eigenvalue weighted by Gasteiger charge is -2.35. The van der Waals surface area contributed by atoms with Gasteiger partial charge in [0.15, 0.2) is 11.4 Å². The zero-order valence-corrected chi connectivity index (χ0v) is 15.9. The van der Waals surface area contributed by atoms with Crippen molar-refractivity contribution in [1.29, 1.82) is 0 Å². The van der Waals surface area contributed by atoms with Crippen molar-refractivity contribution in [2.24, 2.45) is 5.18 Å². The highest BCUT2D eigenvalue weighted by molar-refractivity contribution is 6.33. The Bertz CT molecular complexity index is 1130. The Balaban J connectivity index is 1.56. The van der Waals surface area contributed by atoms with Gasteiger partial charge in [-0.25, -0.2) is 4.98 Å². The van der Waals surface area contributed by atoms with Crippen molar-refractivity contribution in [2.75, 3.05) is 36.0 Å². The molecule has 0 aliphatic carbocycles. The van der Waals surface area contributed by atoms with Gasteiger partial charge < -0.3 is 14.3 Å². The van der Waals surface area contributed by atoms with Crippen LogP contribution >= 0.6 is 11.6 Å². The maximum absolute atomic E-state index is 13.4. The van der Waals surface area contributed by atoms with Gasteiger partial charge in [-0.15, -0.1) is 4.91 Å². The monoisotopic (exact) mass is 439 g/mol. The van der Waals surface area contributed by atoms with Crippen LogP contribution in [-0.2, 0) is 6.18 Å². The minimum atomic E-state index is -4.53. The lowest BCUT2D eigenvalue weighted by Crippen LogP contribution is -2.47. The minimum absolute atomic E-state index is 0.0221. The number of fused-ring (bicyclic) bond motifs is 1. The predicted molar refractivity (Wildman–Crippen MR) is 103 cm³/mol. The normalized spacial score (nSPS) is 14.9. The van der Waals surface area contributed by atoms with E-state index in [9.17, 15) is 22.9 Å². The Morgan fingerprint density at radius 2 is 1.80 bits per heavy atom. The first-order valence-corrected chi connectivity index (χ1v) is 9.16. The summed E-state index contributed by atoms with van der Waals surface area (Å²) in [5, 5.41) is 6.29. The Morgan fingerprint density at radius 3 is 2.40 bits per heavy atom. The number of nitrogens with zero attached hydrogens (tertiary/aromatic N) is 5. The molecule has 156 valence electrons. The molecule has 4 rings (SSSR count). The molecule has 8 nitrogen and oxygen atoms in total. The molecule has 0 radical (unpaired) electrons. The van der Waals surface area contributed by atoms with Gasteiger partial charge in [-0.05, 0) is 18.2 Å². The van der Waals surface area contributed by atoms with Gasteiger partial charge in [-0.2, -0.15) is 13.2 Å². The molecular weight excluding hydrogens is 427 g/mol. The fraction of sp³-hybridized carbons (Fsp3) is 0.278.